The van der Waals surface area contributed by atoms with E-state index in [1.807, 2.05) is 38.4 Å². The van der Waals surface area contributed by atoms with Gasteiger partial charge in [-0.25, -0.2) is 9.97 Å². The highest BCUT2D eigenvalue weighted by atomic mass is 16.5. The minimum absolute atomic E-state index is 0.179. The van der Waals surface area contributed by atoms with Crippen LogP contribution in [0.25, 0.3) is 0 Å². The fraction of sp³-hybridized carbons (Fsp3) is 0.421. The van der Waals surface area contributed by atoms with Crippen molar-refractivity contribution in [2.75, 3.05) is 39.6 Å². The normalized spacial score (nSPS) is 10.7. The number of amides is 1. The minimum Gasteiger partial charge on any atom is -0.497 e. The van der Waals surface area contributed by atoms with Crippen LogP contribution in [0.5, 0.6) is 5.75 Å². The molecule has 2 rings (SSSR count). The second-order valence-electron chi connectivity index (χ2n) is 6.30. The summed E-state index contributed by atoms with van der Waals surface area (Å²) in [5.74, 6) is 1.83. The topological polar surface area (TPSA) is 79.4 Å². The molecule has 140 valence electrons. The molecule has 1 aromatic carbocycles. The Bertz CT molecular complexity index is 716. The number of hydrogen-bond acceptors (Lipinski definition) is 6. The van der Waals surface area contributed by atoms with Crippen LogP contribution in [0.2, 0.25) is 0 Å². The molecule has 26 heavy (non-hydrogen) atoms. The Balaban J connectivity index is 1.93. The summed E-state index contributed by atoms with van der Waals surface area (Å²) in [4.78, 5) is 23.0. The van der Waals surface area contributed by atoms with Gasteiger partial charge in [-0.3, -0.25) is 4.79 Å². The van der Waals surface area contributed by atoms with Crippen LogP contribution in [0, 0.1) is 6.92 Å². The van der Waals surface area contributed by atoms with E-state index in [0.29, 0.717) is 30.4 Å². The molecule has 0 fully saturated rings. The van der Waals surface area contributed by atoms with Crippen LogP contribution in [0.3, 0.4) is 0 Å². The number of nitrogens with zero attached hydrogens (tertiary/aromatic N) is 3. The maximum atomic E-state index is 12.3. The van der Waals surface area contributed by atoms with Gasteiger partial charge in [-0.1, -0.05) is 12.1 Å². The molecule has 0 aliphatic carbocycles. The number of nitrogens with one attached hydrogen (secondary N) is 2. The molecule has 0 atom stereocenters. The van der Waals surface area contributed by atoms with Crippen molar-refractivity contribution in [2.45, 2.75) is 19.9 Å². The molecule has 0 radical (unpaired) electrons. The summed E-state index contributed by atoms with van der Waals surface area (Å²) in [6.45, 7) is 3.93. The van der Waals surface area contributed by atoms with Gasteiger partial charge in [0, 0.05) is 19.2 Å². The maximum Gasteiger partial charge on any atom is 0.270 e. The molecule has 0 spiro atoms. The van der Waals surface area contributed by atoms with Crippen LogP contribution in [-0.2, 0) is 6.54 Å². The van der Waals surface area contributed by atoms with Crippen LogP contribution in [0.15, 0.2) is 30.3 Å². The molecule has 1 aromatic heterocycles. The quantitative estimate of drug-likeness (QED) is 0.669. The average molecular weight is 357 g/mol. The number of ether oxygens (including phenoxy) is 1. The van der Waals surface area contributed by atoms with Gasteiger partial charge in [-0.05, 0) is 51.7 Å². The fourth-order valence-electron chi connectivity index (χ4n) is 2.40. The van der Waals surface area contributed by atoms with E-state index in [1.165, 1.54) is 0 Å². The van der Waals surface area contributed by atoms with Crippen molar-refractivity contribution in [3.8, 4) is 5.75 Å². The van der Waals surface area contributed by atoms with Crippen LogP contribution < -0.4 is 15.4 Å². The van der Waals surface area contributed by atoms with Crippen molar-refractivity contribution in [1.29, 1.82) is 0 Å². The largest absolute Gasteiger partial charge is 0.497 e. The summed E-state index contributed by atoms with van der Waals surface area (Å²) in [6, 6.07) is 9.47. The van der Waals surface area contributed by atoms with Crippen molar-refractivity contribution >= 4 is 11.7 Å². The third-order valence-corrected chi connectivity index (χ3v) is 3.77. The smallest absolute Gasteiger partial charge is 0.270 e. The molecule has 0 unspecified atom stereocenters. The summed E-state index contributed by atoms with van der Waals surface area (Å²) in [6.07, 6.45) is 0.894. The van der Waals surface area contributed by atoms with E-state index < -0.39 is 0 Å². The highest BCUT2D eigenvalue weighted by molar-refractivity contribution is 5.92. The van der Waals surface area contributed by atoms with Crippen molar-refractivity contribution in [1.82, 2.24) is 20.2 Å². The minimum atomic E-state index is -0.179. The number of anilines is 1. The molecule has 0 aliphatic heterocycles. The SMILES string of the molecule is COc1ccc(CNc2cc(C(=O)NCCCN(C)C)nc(C)n2)cc1. The average Bonchev–Trinajstić information content (AvgIpc) is 2.63. The van der Waals surface area contributed by atoms with Gasteiger partial charge in [0.25, 0.3) is 5.91 Å². The molecular formula is C19H27N5O2. The highest BCUT2D eigenvalue weighted by Crippen LogP contribution is 2.13. The van der Waals surface area contributed by atoms with Gasteiger partial charge in [0.1, 0.15) is 23.1 Å². The van der Waals surface area contributed by atoms with Gasteiger partial charge < -0.3 is 20.3 Å². The molecule has 2 aromatic rings. The summed E-state index contributed by atoms with van der Waals surface area (Å²) >= 11 is 0. The lowest BCUT2D eigenvalue weighted by Gasteiger charge is -2.11. The molecule has 0 bridgehead atoms. The Morgan fingerprint density at radius 2 is 1.92 bits per heavy atom. The van der Waals surface area contributed by atoms with Crippen molar-refractivity contribution in [3.05, 3.63) is 47.4 Å². The number of carbonyl (C=O) groups excluding carboxylic acids is 1. The zero-order valence-corrected chi connectivity index (χ0v) is 15.9. The second-order valence-corrected chi connectivity index (χ2v) is 6.30. The zero-order chi connectivity index (χ0) is 18.9. The van der Waals surface area contributed by atoms with Gasteiger partial charge in [-0.2, -0.15) is 0 Å². The first-order chi connectivity index (χ1) is 12.5. The van der Waals surface area contributed by atoms with Crippen LogP contribution >= 0.6 is 0 Å². The number of rotatable bonds is 9. The summed E-state index contributed by atoms with van der Waals surface area (Å²) < 4.78 is 5.15. The van der Waals surface area contributed by atoms with E-state index in [-0.39, 0.29) is 5.91 Å². The standard InChI is InChI=1S/C19H27N5O2/c1-14-22-17(19(25)20-10-5-11-24(2)3)12-18(23-14)21-13-15-6-8-16(26-4)9-7-15/h6-9,12H,5,10-11,13H2,1-4H3,(H,20,25)(H,21,22,23). The number of benzene rings is 1. The number of aryl methyl sites for hydroxylation is 1. The van der Waals surface area contributed by atoms with Gasteiger partial charge in [0.15, 0.2) is 0 Å². The monoisotopic (exact) mass is 357 g/mol. The van der Waals surface area contributed by atoms with E-state index in [1.54, 1.807) is 20.1 Å². The van der Waals surface area contributed by atoms with Gasteiger partial charge >= 0.3 is 0 Å². The number of methoxy groups -OCH3 is 1. The van der Waals surface area contributed by atoms with Gasteiger partial charge in [0.2, 0.25) is 0 Å². The lowest BCUT2D eigenvalue weighted by atomic mass is 10.2. The fourth-order valence-corrected chi connectivity index (χ4v) is 2.40. The first-order valence-corrected chi connectivity index (χ1v) is 8.63. The Kier molecular flexibility index (Phi) is 7.35. The van der Waals surface area contributed by atoms with E-state index in [0.717, 1.165) is 24.3 Å². The predicted molar refractivity (Wildman–Crippen MR) is 103 cm³/mol. The Morgan fingerprint density at radius 3 is 2.58 bits per heavy atom. The van der Waals surface area contributed by atoms with Gasteiger partial charge in [0.05, 0.1) is 7.11 Å². The molecule has 2 N–H and O–H groups in total. The number of carbonyl (C=O) groups is 1. The molecule has 0 aliphatic rings. The molecule has 1 heterocycles. The van der Waals surface area contributed by atoms with Crippen LogP contribution in [-0.4, -0.2) is 55.1 Å². The molecule has 1 amide bonds. The van der Waals surface area contributed by atoms with E-state index in [9.17, 15) is 4.79 Å². The first kappa shape index (κ1) is 19.7. The maximum absolute atomic E-state index is 12.3. The van der Waals surface area contributed by atoms with Crippen molar-refractivity contribution in [2.24, 2.45) is 0 Å². The molecule has 0 saturated heterocycles. The highest BCUT2D eigenvalue weighted by Gasteiger charge is 2.10. The summed E-state index contributed by atoms with van der Waals surface area (Å²) in [7, 11) is 5.66. The number of hydrogen-bond donors (Lipinski definition) is 2. The third kappa shape index (κ3) is 6.33. The van der Waals surface area contributed by atoms with Crippen LogP contribution in [0.4, 0.5) is 5.82 Å². The van der Waals surface area contributed by atoms with Crippen molar-refractivity contribution in [3.63, 3.8) is 0 Å². The first-order valence-electron chi connectivity index (χ1n) is 8.63. The summed E-state index contributed by atoms with van der Waals surface area (Å²) in [5.41, 5.74) is 1.47. The summed E-state index contributed by atoms with van der Waals surface area (Å²) in [5, 5.41) is 6.14. The Morgan fingerprint density at radius 1 is 1.19 bits per heavy atom. The second kappa shape index (κ2) is 9.72. The molecule has 7 nitrogen and oxygen atoms in total. The Hall–Kier alpha value is -2.67. The Labute approximate surface area is 154 Å². The van der Waals surface area contributed by atoms with Gasteiger partial charge in [-0.15, -0.1) is 0 Å². The van der Waals surface area contributed by atoms with E-state index >= 15 is 0 Å². The van der Waals surface area contributed by atoms with E-state index in [4.69, 9.17) is 4.74 Å². The lowest BCUT2D eigenvalue weighted by molar-refractivity contribution is 0.0947. The third-order valence-electron chi connectivity index (χ3n) is 3.77. The lowest BCUT2D eigenvalue weighted by Crippen LogP contribution is -2.28. The van der Waals surface area contributed by atoms with E-state index in [2.05, 4.69) is 25.5 Å². The van der Waals surface area contributed by atoms with Crippen molar-refractivity contribution < 1.29 is 9.53 Å². The molecule has 0 saturated carbocycles. The number of aromatic nitrogens is 2. The molecule has 7 heteroatoms. The van der Waals surface area contributed by atoms with Crippen LogP contribution in [0.1, 0.15) is 28.3 Å². The predicted octanol–water partition coefficient (Wildman–Crippen LogP) is 2.09. The molecular weight excluding hydrogens is 330 g/mol. The zero-order valence-electron chi connectivity index (χ0n) is 15.9.